The van der Waals surface area contributed by atoms with Gasteiger partial charge in [-0.2, -0.15) is 0 Å². The summed E-state index contributed by atoms with van der Waals surface area (Å²) in [4.78, 5) is 19.5. The lowest BCUT2D eigenvalue weighted by molar-refractivity contribution is -0.0132. The van der Waals surface area contributed by atoms with Gasteiger partial charge < -0.3 is 25.5 Å². The molecule has 2 fully saturated rings. The van der Waals surface area contributed by atoms with Crippen LogP contribution < -0.4 is 5.73 Å². The Balaban J connectivity index is 1.07. The minimum Gasteiger partial charge on any atom is -0.390 e. The number of H-pyrrole nitrogens is 1. The van der Waals surface area contributed by atoms with E-state index in [1.807, 2.05) is 16.8 Å². The summed E-state index contributed by atoms with van der Waals surface area (Å²) in [5.74, 6) is 2.72. The van der Waals surface area contributed by atoms with Gasteiger partial charge in [0.25, 0.3) is 0 Å². The van der Waals surface area contributed by atoms with Gasteiger partial charge in [0.1, 0.15) is 29.7 Å². The summed E-state index contributed by atoms with van der Waals surface area (Å²) in [5, 5.41) is 23.0. The third-order valence-electron chi connectivity index (χ3n) is 9.65. The minimum atomic E-state index is -0.847. The maximum absolute atomic E-state index is 11.1. The molecule has 3 aromatic heterocycles. The zero-order valence-electron chi connectivity index (χ0n) is 25.7. The lowest BCUT2D eigenvalue weighted by Crippen LogP contribution is -2.49. The fourth-order valence-electron chi connectivity index (χ4n) is 7.18. The molecule has 0 bridgehead atoms. The summed E-state index contributed by atoms with van der Waals surface area (Å²) in [5.41, 5.74) is 10.4. The number of aromatic amines is 1. The molecule has 2 aliphatic carbocycles. The molecule has 0 aliphatic heterocycles. The predicted molar refractivity (Wildman–Crippen MR) is 167 cm³/mol. The molecule has 2 aliphatic rings. The Labute approximate surface area is 248 Å². The Morgan fingerprint density at radius 2 is 1.88 bits per heavy atom. The van der Waals surface area contributed by atoms with Crippen LogP contribution in [-0.2, 0) is 11.8 Å². The highest BCUT2D eigenvalue weighted by molar-refractivity contribution is 5.86. The number of nitrogen functional groups attached to an aromatic ring is 1. The van der Waals surface area contributed by atoms with Crippen molar-refractivity contribution in [1.82, 2.24) is 29.4 Å². The second kappa shape index (κ2) is 11.2. The van der Waals surface area contributed by atoms with Crippen molar-refractivity contribution >= 4 is 27.9 Å². The molecule has 42 heavy (non-hydrogen) atoms. The van der Waals surface area contributed by atoms with Crippen LogP contribution >= 0.6 is 0 Å². The van der Waals surface area contributed by atoms with Gasteiger partial charge in [-0.05, 0) is 66.7 Å². The molecule has 4 atom stereocenters. The van der Waals surface area contributed by atoms with Gasteiger partial charge in [-0.3, -0.25) is 4.90 Å². The first-order valence-corrected chi connectivity index (χ1v) is 15.6. The summed E-state index contributed by atoms with van der Waals surface area (Å²) < 4.78 is 1.97. The highest BCUT2D eigenvalue weighted by atomic mass is 16.3. The number of nitrogens with two attached hydrogens (primary N) is 1. The van der Waals surface area contributed by atoms with Crippen molar-refractivity contribution < 1.29 is 10.2 Å². The molecule has 2 saturated carbocycles. The SMILES string of the molecule is CC(C)CN(C[C@H]1C[C@@H](n2ccc3c(N)ncnc32)[C@H](O)[C@@H]1O)C1CC(CCc2nc3cc(C(C)(C)C)ccc3[nH]2)C1. The first-order chi connectivity index (χ1) is 20.0. The summed E-state index contributed by atoms with van der Waals surface area (Å²) in [6, 6.07) is 8.76. The van der Waals surface area contributed by atoms with Gasteiger partial charge in [0.2, 0.25) is 0 Å². The third kappa shape index (κ3) is 5.66. The van der Waals surface area contributed by atoms with Crippen LogP contribution in [0.3, 0.4) is 0 Å². The predicted octanol–water partition coefficient (Wildman–Crippen LogP) is 4.84. The Kier molecular flexibility index (Phi) is 7.79. The number of aryl methyl sites for hydroxylation is 1. The monoisotopic (exact) mass is 573 g/mol. The van der Waals surface area contributed by atoms with Gasteiger partial charge in [-0.25, -0.2) is 15.0 Å². The van der Waals surface area contributed by atoms with Crippen molar-refractivity contribution in [3.8, 4) is 0 Å². The van der Waals surface area contributed by atoms with Gasteiger partial charge in [0.15, 0.2) is 0 Å². The number of aliphatic hydroxyl groups is 2. The van der Waals surface area contributed by atoms with E-state index in [1.165, 1.54) is 24.7 Å². The highest BCUT2D eigenvalue weighted by Crippen LogP contribution is 2.41. The number of nitrogens with one attached hydrogen (secondary N) is 1. The van der Waals surface area contributed by atoms with Crippen LogP contribution in [0.5, 0.6) is 0 Å². The third-order valence-corrected chi connectivity index (χ3v) is 9.65. The number of aliphatic hydroxyl groups excluding tert-OH is 2. The van der Waals surface area contributed by atoms with E-state index in [4.69, 9.17) is 10.7 Å². The van der Waals surface area contributed by atoms with E-state index in [1.54, 1.807) is 0 Å². The average molecular weight is 574 g/mol. The van der Waals surface area contributed by atoms with Crippen LogP contribution in [0.2, 0.25) is 0 Å². The molecule has 226 valence electrons. The van der Waals surface area contributed by atoms with Crippen LogP contribution in [0.15, 0.2) is 36.8 Å². The molecule has 0 radical (unpaired) electrons. The van der Waals surface area contributed by atoms with Crippen LogP contribution in [-0.4, -0.2) is 71.0 Å². The standard InChI is InChI=1S/C33H47N7O2/c1-19(2)16-39(17-21-14-27(30(42)29(21)41)40-11-10-24-31(34)35-18-36-32(24)40)23-12-20(13-23)6-9-28-37-25-8-7-22(33(3,4)5)15-26(25)38-28/h7-8,10-11,15,18-21,23,27,29-30,41-42H,6,9,12-14,16-17H2,1-5H3,(H,37,38)(H2,34,35,36)/t20?,21-,23?,27-,29-,30+/m1/s1. The zero-order valence-corrected chi connectivity index (χ0v) is 25.7. The number of hydrogen-bond donors (Lipinski definition) is 4. The van der Waals surface area contributed by atoms with Crippen LogP contribution in [0.1, 0.15) is 77.7 Å². The maximum Gasteiger partial charge on any atom is 0.145 e. The zero-order chi connectivity index (χ0) is 29.8. The van der Waals surface area contributed by atoms with Crippen molar-refractivity contribution in [1.29, 1.82) is 0 Å². The Hall–Kier alpha value is -3.01. The number of hydrogen-bond acceptors (Lipinski definition) is 7. The Morgan fingerprint density at radius 3 is 2.62 bits per heavy atom. The summed E-state index contributed by atoms with van der Waals surface area (Å²) in [6.07, 6.45) is 6.90. The van der Waals surface area contributed by atoms with E-state index >= 15 is 0 Å². The molecular weight excluding hydrogens is 526 g/mol. The lowest BCUT2D eigenvalue weighted by atomic mass is 9.76. The van der Waals surface area contributed by atoms with Crippen LogP contribution in [0.25, 0.3) is 22.1 Å². The van der Waals surface area contributed by atoms with Crippen molar-refractivity contribution in [2.24, 2.45) is 17.8 Å². The van der Waals surface area contributed by atoms with E-state index in [0.717, 1.165) is 48.2 Å². The molecule has 3 heterocycles. The first-order valence-electron chi connectivity index (χ1n) is 15.6. The number of aromatic nitrogens is 5. The molecule has 6 rings (SSSR count). The van der Waals surface area contributed by atoms with Gasteiger partial charge in [-0.15, -0.1) is 0 Å². The van der Waals surface area contributed by atoms with Gasteiger partial charge in [0, 0.05) is 37.7 Å². The molecule has 9 nitrogen and oxygen atoms in total. The van der Waals surface area contributed by atoms with Gasteiger partial charge >= 0.3 is 0 Å². The van der Waals surface area contributed by atoms with E-state index in [2.05, 4.69) is 72.7 Å². The summed E-state index contributed by atoms with van der Waals surface area (Å²) in [6.45, 7) is 13.0. The normalized spacial score (nSPS) is 26.6. The Bertz CT molecular complexity index is 1530. The molecule has 0 unspecified atom stereocenters. The second-order valence-electron chi connectivity index (χ2n) is 14.3. The molecule has 4 aromatic rings. The number of nitrogens with zero attached hydrogens (tertiary/aromatic N) is 5. The largest absolute Gasteiger partial charge is 0.390 e. The first kappa shape index (κ1) is 29.1. The fraction of sp³-hybridized carbons (Fsp3) is 0.606. The number of benzene rings is 1. The lowest BCUT2D eigenvalue weighted by Gasteiger charge is -2.45. The van der Waals surface area contributed by atoms with E-state index in [0.29, 0.717) is 35.8 Å². The quantitative estimate of drug-likeness (QED) is 0.226. The molecule has 0 spiro atoms. The van der Waals surface area contributed by atoms with Crippen molar-refractivity contribution in [3.63, 3.8) is 0 Å². The van der Waals surface area contributed by atoms with Crippen molar-refractivity contribution in [3.05, 3.63) is 48.2 Å². The van der Waals surface area contributed by atoms with Crippen molar-refractivity contribution in [2.75, 3.05) is 18.8 Å². The van der Waals surface area contributed by atoms with Crippen molar-refractivity contribution in [2.45, 2.75) is 96.4 Å². The number of imidazole rings is 1. The number of rotatable bonds is 9. The molecule has 1 aromatic carbocycles. The summed E-state index contributed by atoms with van der Waals surface area (Å²) >= 11 is 0. The van der Waals surface area contributed by atoms with Crippen LogP contribution in [0, 0.1) is 17.8 Å². The average Bonchev–Trinajstić information content (AvgIpc) is 3.59. The molecule has 5 N–H and O–H groups in total. The second-order valence-corrected chi connectivity index (χ2v) is 14.3. The smallest absolute Gasteiger partial charge is 0.145 e. The van der Waals surface area contributed by atoms with Crippen LogP contribution in [0.4, 0.5) is 5.82 Å². The van der Waals surface area contributed by atoms with E-state index in [9.17, 15) is 10.2 Å². The topological polar surface area (TPSA) is 129 Å². The molecule has 0 saturated heterocycles. The van der Waals surface area contributed by atoms with Gasteiger partial charge in [0.05, 0.1) is 28.6 Å². The van der Waals surface area contributed by atoms with E-state index < -0.39 is 12.2 Å². The maximum atomic E-state index is 11.1. The Morgan fingerprint density at radius 1 is 1.10 bits per heavy atom. The number of fused-ring (bicyclic) bond motifs is 2. The minimum absolute atomic E-state index is 0.00651. The van der Waals surface area contributed by atoms with Gasteiger partial charge in [-0.1, -0.05) is 40.7 Å². The highest BCUT2D eigenvalue weighted by Gasteiger charge is 2.45. The fourth-order valence-corrected chi connectivity index (χ4v) is 7.18. The molecule has 0 amide bonds. The van der Waals surface area contributed by atoms with E-state index in [-0.39, 0.29) is 17.4 Å². The summed E-state index contributed by atoms with van der Waals surface area (Å²) in [7, 11) is 0. The number of anilines is 1. The molecular formula is C33H47N7O2. The molecule has 9 heteroatoms.